The van der Waals surface area contributed by atoms with Crippen molar-refractivity contribution < 1.29 is 13.9 Å². The van der Waals surface area contributed by atoms with Crippen molar-refractivity contribution in [3.05, 3.63) is 30.2 Å². The van der Waals surface area contributed by atoms with E-state index >= 15 is 0 Å². The molecule has 1 aromatic carbocycles. The highest BCUT2D eigenvalue weighted by atomic mass is 16.4. The van der Waals surface area contributed by atoms with Gasteiger partial charge in [0.2, 0.25) is 0 Å². The van der Waals surface area contributed by atoms with Gasteiger partial charge in [0.15, 0.2) is 11.3 Å². The van der Waals surface area contributed by atoms with Crippen LogP contribution in [-0.2, 0) is 0 Å². The number of hydrogen-bond donors (Lipinski definition) is 2. The minimum Gasteiger partial charge on any atom is -0.504 e. The third kappa shape index (κ3) is 1.18. The number of hydrogen-bond acceptors (Lipinski definition) is 4. The van der Waals surface area contributed by atoms with E-state index in [0.29, 0.717) is 5.58 Å². The normalized spacial score (nSPS) is 20.1. The Labute approximate surface area is 103 Å². The lowest BCUT2D eigenvalue weighted by atomic mass is 9.98. The summed E-state index contributed by atoms with van der Waals surface area (Å²) < 4.78 is 11.0. The molecule has 1 atom stereocenters. The molecule has 1 aliphatic rings. The van der Waals surface area contributed by atoms with Crippen LogP contribution < -0.4 is 5.32 Å². The Morgan fingerprint density at radius 1 is 1.11 bits per heavy atom. The van der Waals surface area contributed by atoms with Gasteiger partial charge in [-0.1, -0.05) is 0 Å². The molecule has 2 aromatic heterocycles. The maximum Gasteiger partial charge on any atom is 0.176 e. The molecule has 0 saturated carbocycles. The monoisotopic (exact) mass is 243 g/mol. The molecule has 2 N–H and O–H groups in total. The minimum absolute atomic E-state index is 0.167. The van der Waals surface area contributed by atoms with E-state index in [0.717, 1.165) is 41.3 Å². The fourth-order valence-corrected chi connectivity index (χ4v) is 2.93. The summed E-state index contributed by atoms with van der Waals surface area (Å²) in [5, 5.41) is 15.3. The zero-order valence-electron chi connectivity index (χ0n) is 9.77. The molecule has 0 amide bonds. The molecule has 0 spiro atoms. The van der Waals surface area contributed by atoms with Crippen LogP contribution in [-0.4, -0.2) is 11.7 Å². The van der Waals surface area contributed by atoms with Crippen LogP contribution in [0.4, 0.5) is 0 Å². The van der Waals surface area contributed by atoms with Crippen LogP contribution in [0.5, 0.6) is 5.75 Å². The summed E-state index contributed by atoms with van der Waals surface area (Å²) in [4.78, 5) is 0. The van der Waals surface area contributed by atoms with E-state index in [4.69, 9.17) is 8.83 Å². The molecule has 4 rings (SSSR count). The first-order chi connectivity index (χ1) is 8.86. The number of aromatic hydroxyl groups is 1. The van der Waals surface area contributed by atoms with Gasteiger partial charge in [-0.15, -0.1) is 0 Å². The van der Waals surface area contributed by atoms with Crippen molar-refractivity contribution in [2.75, 3.05) is 6.54 Å². The molecule has 4 nitrogen and oxygen atoms in total. The van der Waals surface area contributed by atoms with E-state index in [2.05, 4.69) is 5.32 Å². The van der Waals surface area contributed by atoms with Gasteiger partial charge in [0.1, 0.15) is 5.58 Å². The van der Waals surface area contributed by atoms with Gasteiger partial charge in [-0.25, -0.2) is 0 Å². The second-order valence-corrected chi connectivity index (χ2v) is 4.74. The van der Waals surface area contributed by atoms with Gasteiger partial charge in [0.05, 0.1) is 17.9 Å². The number of benzene rings is 1. The molecule has 18 heavy (non-hydrogen) atoms. The lowest BCUT2D eigenvalue weighted by Crippen LogP contribution is -2.13. The molecule has 1 unspecified atom stereocenters. The number of phenolic OH excluding ortho intramolecular Hbond substituents is 1. The summed E-state index contributed by atoms with van der Waals surface area (Å²) in [5.41, 5.74) is 2.42. The van der Waals surface area contributed by atoms with Crippen molar-refractivity contribution in [2.45, 2.75) is 18.9 Å². The molecule has 0 radical (unpaired) electrons. The van der Waals surface area contributed by atoms with E-state index < -0.39 is 0 Å². The molecule has 1 aliphatic heterocycles. The third-order valence-corrected chi connectivity index (χ3v) is 3.74. The van der Waals surface area contributed by atoms with Crippen LogP contribution in [0.1, 0.15) is 24.4 Å². The predicted molar refractivity (Wildman–Crippen MR) is 67.6 cm³/mol. The number of rotatable bonds is 1. The summed E-state index contributed by atoms with van der Waals surface area (Å²) >= 11 is 0. The summed E-state index contributed by atoms with van der Waals surface area (Å²) in [6.07, 6.45) is 5.47. The van der Waals surface area contributed by atoms with Gasteiger partial charge in [0.25, 0.3) is 0 Å². The molecule has 0 bridgehead atoms. The van der Waals surface area contributed by atoms with E-state index in [-0.39, 0.29) is 11.8 Å². The number of nitrogens with one attached hydrogen (secondary N) is 1. The fourth-order valence-electron chi connectivity index (χ4n) is 2.93. The van der Waals surface area contributed by atoms with Crippen LogP contribution in [0.2, 0.25) is 0 Å². The topological polar surface area (TPSA) is 58.5 Å². The largest absolute Gasteiger partial charge is 0.504 e. The zero-order valence-corrected chi connectivity index (χ0v) is 9.77. The maximum absolute atomic E-state index is 10.2. The molecule has 1 fully saturated rings. The number of fused-ring (bicyclic) bond motifs is 2. The highest BCUT2D eigenvalue weighted by Crippen LogP contribution is 2.42. The highest BCUT2D eigenvalue weighted by molar-refractivity contribution is 6.04. The summed E-state index contributed by atoms with van der Waals surface area (Å²) in [6.45, 7) is 1.02. The van der Waals surface area contributed by atoms with Crippen molar-refractivity contribution >= 4 is 21.9 Å². The average molecular weight is 243 g/mol. The molecule has 0 aliphatic carbocycles. The van der Waals surface area contributed by atoms with Crippen LogP contribution >= 0.6 is 0 Å². The molecule has 3 aromatic rings. The third-order valence-electron chi connectivity index (χ3n) is 3.74. The fraction of sp³-hybridized carbons (Fsp3) is 0.286. The van der Waals surface area contributed by atoms with Gasteiger partial charge in [-0.2, -0.15) is 0 Å². The van der Waals surface area contributed by atoms with Crippen molar-refractivity contribution in [3.8, 4) is 5.75 Å². The first-order valence-electron chi connectivity index (χ1n) is 6.19. The number of phenols is 1. The molecule has 4 heteroatoms. The summed E-state index contributed by atoms with van der Waals surface area (Å²) in [6, 6.07) is 3.96. The van der Waals surface area contributed by atoms with Gasteiger partial charge in [0, 0.05) is 17.0 Å². The predicted octanol–water partition coefficient (Wildman–Crippen LogP) is 3.31. The van der Waals surface area contributed by atoms with Gasteiger partial charge in [-0.3, -0.25) is 0 Å². The standard InChI is InChI=1S/C14H13NO3/c16-12-9-4-7-17-13(9)11(10-2-1-5-15-10)8-3-6-18-14(8)12/h3-4,6-7,10,15-16H,1-2,5H2. The number of furan rings is 2. The molecular formula is C14H13NO3. The summed E-state index contributed by atoms with van der Waals surface area (Å²) in [7, 11) is 0. The van der Waals surface area contributed by atoms with E-state index in [1.165, 1.54) is 0 Å². The Balaban J connectivity index is 2.14. The Morgan fingerprint density at radius 2 is 1.89 bits per heavy atom. The van der Waals surface area contributed by atoms with Crippen LogP contribution in [0.25, 0.3) is 21.9 Å². The quantitative estimate of drug-likeness (QED) is 0.688. The van der Waals surface area contributed by atoms with Crippen LogP contribution in [0.15, 0.2) is 33.5 Å². The van der Waals surface area contributed by atoms with E-state index in [1.807, 2.05) is 6.07 Å². The lowest BCUT2D eigenvalue weighted by molar-refractivity contribution is 0.470. The summed E-state index contributed by atoms with van der Waals surface area (Å²) in [5.74, 6) is 0.167. The second kappa shape index (κ2) is 3.53. The Kier molecular flexibility index (Phi) is 1.96. The first-order valence-corrected chi connectivity index (χ1v) is 6.19. The highest BCUT2D eigenvalue weighted by Gasteiger charge is 2.26. The van der Waals surface area contributed by atoms with Gasteiger partial charge < -0.3 is 19.3 Å². The minimum atomic E-state index is 0.167. The zero-order chi connectivity index (χ0) is 12.1. The van der Waals surface area contributed by atoms with Crippen molar-refractivity contribution in [2.24, 2.45) is 0 Å². The van der Waals surface area contributed by atoms with Gasteiger partial charge >= 0.3 is 0 Å². The lowest BCUT2D eigenvalue weighted by Gasteiger charge is -2.13. The van der Waals surface area contributed by atoms with Crippen molar-refractivity contribution in [1.29, 1.82) is 0 Å². The van der Waals surface area contributed by atoms with Crippen LogP contribution in [0, 0.1) is 0 Å². The van der Waals surface area contributed by atoms with Crippen molar-refractivity contribution in [1.82, 2.24) is 5.32 Å². The average Bonchev–Trinajstić information content (AvgIpc) is 3.11. The molecular weight excluding hydrogens is 230 g/mol. The van der Waals surface area contributed by atoms with E-state index in [1.54, 1.807) is 18.6 Å². The Morgan fingerprint density at radius 3 is 2.67 bits per heavy atom. The Hall–Kier alpha value is -1.94. The van der Waals surface area contributed by atoms with Crippen LogP contribution in [0.3, 0.4) is 0 Å². The second-order valence-electron chi connectivity index (χ2n) is 4.74. The molecule has 3 heterocycles. The van der Waals surface area contributed by atoms with Crippen molar-refractivity contribution in [3.63, 3.8) is 0 Å². The van der Waals surface area contributed by atoms with E-state index in [9.17, 15) is 5.11 Å². The Bertz CT molecular complexity index is 667. The SMILES string of the molecule is Oc1c2ccoc2c(C2CCCN2)c2ccoc12. The first kappa shape index (κ1) is 10.0. The molecule has 92 valence electrons. The smallest absolute Gasteiger partial charge is 0.176 e. The maximum atomic E-state index is 10.2. The van der Waals surface area contributed by atoms with Gasteiger partial charge in [-0.05, 0) is 31.5 Å². The molecule has 1 saturated heterocycles.